The molecule has 4 heteroatoms. The number of allylic oxidation sites excluding steroid dienone is 8. The summed E-state index contributed by atoms with van der Waals surface area (Å²) in [4.78, 5) is 17.3. The third-order valence-electron chi connectivity index (χ3n) is 4.57. The standard InChI is InChI=1S/C30H32N4.2C2H6/c1-5-8-10-22-32-27(7-3)23-33-28-18-14-25(15-19-28)12-13-26-16-20-29(21-17-26)34-24-30(31-4)11-9-6-2;2*1-2/h6-24H,4-5H2,1-3H3;2*1-2H3/b9-6-,10-8+,13-12+,27-7-,30-11-,32-22+,33-23?,34-24?;;. The van der Waals surface area contributed by atoms with Gasteiger partial charge in [0.1, 0.15) is 0 Å². The highest BCUT2D eigenvalue weighted by atomic mass is 14.8. The molecule has 0 fully saturated rings. The summed E-state index contributed by atoms with van der Waals surface area (Å²) >= 11 is 0. The molecule has 2 aromatic carbocycles. The number of hydrogen-bond donors (Lipinski definition) is 0. The van der Waals surface area contributed by atoms with Crippen LogP contribution in [0, 0.1) is 0 Å². The van der Waals surface area contributed by atoms with Gasteiger partial charge in [0.05, 0.1) is 35.2 Å². The van der Waals surface area contributed by atoms with Crippen molar-refractivity contribution in [3.05, 3.63) is 108 Å². The molecule has 0 unspecified atom stereocenters. The molecule has 0 aliphatic rings. The topological polar surface area (TPSA) is 49.4 Å². The summed E-state index contributed by atoms with van der Waals surface area (Å²) in [7, 11) is 0. The Morgan fingerprint density at radius 3 is 1.66 bits per heavy atom. The Bertz CT molecular complexity index is 1140. The maximum atomic E-state index is 4.51. The lowest BCUT2D eigenvalue weighted by atomic mass is 10.1. The van der Waals surface area contributed by atoms with Crippen LogP contribution in [0.15, 0.2) is 116 Å². The fourth-order valence-corrected chi connectivity index (χ4v) is 2.66. The molecule has 0 aliphatic heterocycles. The van der Waals surface area contributed by atoms with Crippen LogP contribution < -0.4 is 0 Å². The maximum Gasteiger partial charge on any atom is 0.0805 e. The quantitative estimate of drug-likeness (QED) is 0.165. The van der Waals surface area contributed by atoms with Gasteiger partial charge >= 0.3 is 0 Å². The van der Waals surface area contributed by atoms with E-state index in [-0.39, 0.29) is 0 Å². The molecule has 200 valence electrons. The minimum Gasteiger partial charge on any atom is -0.263 e. The van der Waals surface area contributed by atoms with E-state index < -0.39 is 0 Å². The largest absolute Gasteiger partial charge is 0.263 e. The van der Waals surface area contributed by atoms with Crippen molar-refractivity contribution in [3.8, 4) is 0 Å². The highest BCUT2D eigenvalue weighted by Gasteiger charge is 1.93. The van der Waals surface area contributed by atoms with Crippen LogP contribution >= 0.6 is 0 Å². The second kappa shape index (κ2) is 23.2. The molecule has 38 heavy (non-hydrogen) atoms. The molecule has 2 rings (SSSR count). The summed E-state index contributed by atoms with van der Waals surface area (Å²) in [6.07, 6.45) is 22.1. The average Bonchev–Trinajstić information content (AvgIpc) is 2.99. The van der Waals surface area contributed by atoms with Crippen molar-refractivity contribution in [2.75, 3.05) is 0 Å². The Morgan fingerprint density at radius 2 is 1.24 bits per heavy atom. The van der Waals surface area contributed by atoms with Gasteiger partial charge in [-0.25, -0.2) is 0 Å². The molecular formula is C34H44N4. The van der Waals surface area contributed by atoms with Crippen molar-refractivity contribution in [3.63, 3.8) is 0 Å². The van der Waals surface area contributed by atoms with E-state index in [1.54, 1.807) is 18.6 Å². The first-order valence-electron chi connectivity index (χ1n) is 13.3. The zero-order valence-corrected chi connectivity index (χ0v) is 24.2. The van der Waals surface area contributed by atoms with Gasteiger partial charge in [-0.1, -0.05) is 95.3 Å². The molecule has 4 nitrogen and oxygen atoms in total. The molecule has 0 saturated carbocycles. The van der Waals surface area contributed by atoms with Gasteiger partial charge in [-0.2, -0.15) is 0 Å². The highest BCUT2D eigenvalue weighted by molar-refractivity contribution is 5.85. The van der Waals surface area contributed by atoms with E-state index in [0.29, 0.717) is 5.70 Å². The van der Waals surface area contributed by atoms with Crippen molar-refractivity contribution in [2.24, 2.45) is 20.0 Å². The van der Waals surface area contributed by atoms with Gasteiger partial charge in [0.15, 0.2) is 0 Å². The molecule has 0 spiro atoms. The van der Waals surface area contributed by atoms with E-state index >= 15 is 0 Å². The first kappa shape index (κ1) is 33.8. The second-order valence-corrected chi connectivity index (χ2v) is 7.14. The van der Waals surface area contributed by atoms with Gasteiger partial charge in [0, 0.05) is 6.21 Å². The van der Waals surface area contributed by atoms with E-state index in [9.17, 15) is 0 Å². The van der Waals surface area contributed by atoms with Gasteiger partial charge in [0.25, 0.3) is 0 Å². The van der Waals surface area contributed by atoms with E-state index in [1.807, 2.05) is 120 Å². The minimum absolute atomic E-state index is 0.716. The molecular weight excluding hydrogens is 464 g/mol. The third kappa shape index (κ3) is 15.0. The lowest BCUT2D eigenvalue weighted by Gasteiger charge is -1.98. The maximum absolute atomic E-state index is 4.51. The molecule has 2 aromatic rings. The smallest absolute Gasteiger partial charge is 0.0805 e. The van der Waals surface area contributed by atoms with Gasteiger partial charge in [-0.05, 0) is 74.5 Å². The average molecular weight is 509 g/mol. The molecule has 0 radical (unpaired) electrons. The molecule has 0 saturated heterocycles. The molecule has 0 atom stereocenters. The van der Waals surface area contributed by atoms with Gasteiger partial charge in [-0.15, -0.1) is 0 Å². The summed E-state index contributed by atoms with van der Waals surface area (Å²) < 4.78 is 0. The molecule has 0 bridgehead atoms. The lowest BCUT2D eigenvalue weighted by molar-refractivity contribution is 1.23. The molecule has 0 aliphatic carbocycles. The van der Waals surface area contributed by atoms with Gasteiger partial charge in [-0.3, -0.25) is 20.0 Å². The summed E-state index contributed by atoms with van der Waals surface area (Å²) in [6, 6.07) is 16.1. The summed E-state index contributed by atoms with van der Waals surface area (Å²) in [5.74, 6) is 0. The van der Waals surface area contributed by atoms with Crippen molar-refractivity contribution in [2.45, 2.75) is 54.9 Å². The molecule has 0 heterocycles. The predicted molar refractivity (Wildman–Crippen MR) is 175 cm³/mol. The van der Waals surface area contributed by atoms with Crippen LogP contribution in [0.5, 0.6) is 0 Å². The van der Waals surface area contributed by atoms with Crippen LogP contribution in [-0.4, -0.2) is 25.4 Å². The zero-order chi connectivity index (χ0) is 28.4. The number of benzene rings is 2. The first-order chi connectivity index (χ1) is 18.7. The second-order valence-electron chi connectivity index (χ2n) is 7.14. The Morgan fingerprint density at radius 1 is 0.737 bits per heavy atom. The number of aliphatic imine (C=N–C) groups is 4. The lowest BCUT2D eigenvalue weighted by Crippen LogP contribution is -1.80. The van der Waals surface area contributed by atoms with Crippen LogP contribution in [0.2, 0.25) is 0 Å². The van der Waals surface area contributed by atoms with Crippen LogP contribution in [0.1, 0.15) is 66.0 Å². The number of nitrogens with zero attached hydrogens (tertiary/aromatic N) is 4. The van der Waals surface area contributed by atoms with Crippen molar-refractivity contribution >= 4 is 48.9 Å². The molecule has 0 aromatic heterocycles. The van der Waals surface area contributed by atoms with Gasteiger partial charge in [0.2, 0.25) is 0 Å². The Hall–Kier alpha value is -4.18. The summed E-state index contributed by atoms with van der Waals surface area (Å²) in [5, 5.41) is 0. The monoisotopic (exact) mass is 508 g/mol. The normalized spacial score (nSPS) is 12.5. The fraction of sp³-hybridized carbons (Fsp3) is 0.235. The Balaban J connectivity index is 0.00000326. The van der Waals surface area contributed by atoms with Gasteiger partial charge < -0.3 is 0 Å². The van der Waals surface area contributed by atoms with E-state index in [1.165, 1.54) is 0 Å². The van der Waals surface area contributed by atoms with Crippen LogP contribution in [0.4, 0.5) is 11.4 Å². The number of hydrogen-bond acceptors (Lipinski definition) is 4. The predicted octanol–water partition coefficient (Wildman–Crippen LogP) is 10.4. The van der Waals surface area contributed by atoms with Crippen molar-refractivity contribution in [1.82, 2.24) is 0 Å². The third-order valence-corrected chi connectivity index (χ3v) is 4.57. The molecule has 0 N–H and O–H groups in total. The van der Waals surface area contributed by atoms with Crippen LogP contribution in [-0.2, 0) is 0 Å². The first-order valence-corrected chi connectivity index (χ1v) is 13.3. The van der Waals surface area contributed by atoms with Crippen molar-refractivity contribution in [1.29, 1.82) is 0 Å². The van der Waals surface area contributed by atoms with E-state index in [2.05, 4.69) is 51.8 Å². The summed E-state index contributed by atoms with van der Waals surface area (Å²) in [5.41, 5.74) is 5.48. The SMILES string of the molecule is C=N/C(C=Nc1ccc(/C=C/c2ccc(N=CC(=C/C)/N=C/C=C/CC)cc2)cc1)=C\C=C/C.CC.CC. The van der Waals surface area contributed by atoms with Crippen LogP contribution in [0.3, 0.4) is 0 Å². The number of rotatable bonds is 11. The Labute approximate surface area is 231 Å². The zero-order valence-electron chi connectivity index (χ0n) is 24.2. The Kier molecular flexibility index (Phi) is 20.7. The highest BCUT2D eigenvalue weighted by Crippen LogP contribution is 2.17. The van der Waals surface area contributed by atoms with E-state index in [0.717, 1.165) is 34.6 Å². The minimum atomic E-state index is 0.716. The van der Waals surface area contributed by atoms with E-state index in [4.69, 9.17) is 0 Å². The van der Waals surface area contributed by atoms with Crippen LogP contribution in [0.25, 0.3) is 12.2 Å². The molecule has 0 amide bonds. The van der Waals surface area contributed by atoms with Crippen molar-refractivity contribution < 1.29 is 0 Å². The fourth-order valence-electron chi connectivity index (χ4n) is 2.66. The summed E-state index contributed by atoms with van der Waals surface area (Å²) in [6.45, 7) is 17.6.